The summed E-state index contributed by atoms with van der Waals surface area (Å²) in [6.07, 6.45) is 2.45. The number of hydrogen-bond acceptors (Lipinski definition) is 3. The van der Waals surface area contributed by atoms with Gasteiger partial charge in [0.1, 0.15) is 11.6 Å². The second-order valence-corrected chi connectivity index (χ2v) is 10.5. The summed E-state index contributed by atoms with van der Waals surface area (Å²) < 4.78 is 54.7. The van der Waals surface area contributed by atoms with Gasteiger partial charge in [-0.15, -0.1) is 0 Å². The third-order valence-corrected chi connectivity index (χ3v) is 7.07. The fourth-order valence-corrected chi connectivity index (χ4v) is 5.40. The summed E-state index contributed by atoms with van der Waals surface area (Å²) in [5, 5.41) is 0. The van der Waals surface area contributed by atoms with E-state index < -0.39 is 21.7 Å². The Morgan fingerprint density at radius 2 is 1.77 bits per heavy atom. The minimum absolute atomic E-state index is 0.0268. The Balaban J connectivity index is 1.53. The summed E-state index contributed by atoms with van der Waals surface area (Å²) >= 11 is 0. The molecule has 8 heteroatoms. The molecular formula is C23H26F2N2O3S. The average Bonchev–Trinajstić information content (AvgIpc) is 3.49. The normalized spacial score (nSPS) is 26.0. The first-order valence-electron chi connectivity index (χ1n) is 10.4. The fourth-order valence-electron chi connectivity index (χ4n) is 4.55. The number of benzene rings is 2. The van der Waals surface area contributed by atoms with E-state index in [4.69, 9.17) is 0 Å². The third kappa shape index (κ3) is 4.65. The number of halogens is 2. The molecule has 0 spiro atoms. The summed E-state index contributed by atoms with van der Waals surface area (Å²) in [5.74, 6) is -1.52. The highest BCUT2D eigenvalue weighted by Crippen LogP contribution is 2.51. The number of hydrogen-bond donors (Lipinski definition) is 1. The largest absolute Gasteiger partial charge is 0.341 e. The van der Waals surface area contributed by atoms with E-state index in [1.54, 1.807) is 17.0 Å². The molecule has 0 aromatic heterocycles. The highest BCUT2D eigenvalue weighted by atomic mass is 32.2. The van der Waals surface area contributed by atoms with Crippen LogP contribution in [0, 0.1) is 23.5 Å². The van der Waals surface area contributed by atoms with Crippen molar-refractivity contribution < 1.29 is 22.0 Å². The second-order valence-electron chi connectivity index (χ2n) is 8.68. The van der Waals surface area contributed by atoms with E-state index in [9.17, 15) is 22.0 Å². The minimum Gasteiger partial charge on any atom is -0.341 e. The van der Waals surface area contributed by atoms with Gasteiger partial charge in [0.05, 0.1) is 11.8 Å². The lowest BCUT2D eigenvalue weighted by Crippen LogP contribution is -2.53. The van der Waals surface area contributed by atoms with Crippen molar-refractivity contribution in [2.24, 2.45) is 11.8 Å². The van der Waals surface area contributed by atoms with Crippen LogP contribution in [0.4, 0.5) is 8.78 Å². The van der Waals surface area contributed by atoms with E-state index in [2.05, 4.69) is 4.72 Å². The SMILES string of the molecule is C[C@H]1CCN(C(=O)[C@@H]2C[C@H]2c2ccccc2-c2c(F)cccc2F)C[C@H]1NS(C)(=O)=O. The summed E-state index contributed by atoms with van der Waals surface area (Å²) in [6.45, 7) is 2.89. The van der Waals surface area contributed by atoms with Gasteiger partial charge in [0.15, 0.2) is 0 Å². The zero-order chi connectivity index (χ0) is 22.3. The van der Waals surface area contributed by atoms with Crippen LogP contribution in [0.25, 0.3) is 11.1 Å². The van der Waals surface area contributed by atoms with Gasteiger partial charge in [-0.05, 0) is 47.9 Å². The molecule has 31 heavy (non-hydrogen) atoms. The first-order chi connectivity index (χ1) is 14.7. The van der Waals surface area contributed by atoms with E-state index in [1.807, 2.05) is 19.1 Å². The van der Waals surface area contributed by atoms with E-state index in [0.29, 0.717) is 31.5 Å². The molecule has 2 aromatic rings. The van der Waals surface area contributed by atoms with Crippen LogP contribution in [0.5, 0.6) is 0 Å². The molecule has 1 amide bonds. The second kappa shape index (κ2) is 8.31. The number of piperidine rings is 1. The first-order valence-corrected chi connectivity index (χ1v) is 12.3. The van der Waals surface area contributed by atoms with Crippen LogP contribution in [0.1, 0.15) is 31.2 Å². The maximum Gasteiger partial charge on any atom is 0.226 e. The predicted molar refractivity (Wildman–Crippen MR) is 115 cm³/mol. The van der Waals surface area contributed by atoms with E-state index in [0.717, 1.165) is 11.8 Å². The van der Waals surface area contributed by atoms with Gasteiger partial charge in [-0.2, -0.15) is 0 Å². The number of sulfonamides is 1. The zero-order valence-electron chi connectivity index (χ0n) is 17.5. The average molecular weight is 449 g/mol. The highest BCUT2D eigenvalue weighted by molar-refractivity contribution is 7.88. The smallest absolute Gasteiger partial charge is 0.226 e. The van der Waals surface area contributed by atoms with Gasteiger partial charge in [0.2, 0.25) is 15.9 Å². The number of carbonyl (C=O) groups is 1. The lowest BCUT2D eigenvalue weighted by atomic mass is 9.93. The van der Waals surface area contributed by atoms with Crippen molar-refractivity contribution in [3.05, 3.63) is 59.7 Å². The van der Waals surface area contributed by atoms with E-state index in [-0.39, 0.29) is 35.3 Å². The lowest BCUT2D eigenvalue weighted by Gasteiger charge is -2.37. The molecule has 2 aliphatic rings. The number of amides is 1. The van der Waals surface area contributed by atoms with Crippen molar-refractivity contribution in [3.63, 3.8) is 0 Å². The molecule has 0 radical (unpaired) electrons. The number of nitrogens with one attached hydrogen (secondary N) is 1. The van der Waals surface area contributed by atoms with Crippen molar-refractivity contribution in [3.8, 4) is 11.1 Å². The van der Waals surface area contributed by atoms with Gasteiger partial charge < -0.3 is 4.90 Å². The van der Waals surface area contributed by atoms with Gasteiger partial charge in [-0.3, -0.25) is 4.79 Å². The number of carbonyl (C=O) groups excluding carboxylic acids is 1. The molecule has 1 saturated heterocycles. The summed E-state index contributed by atoms with van der Waals surface area (Å²) in [5.41, 5.74) is 1.17. The molecule has 1 heterocycles. The van der Waals surface area contributed by atoms with Gasteiger partial charge >= 0.3 is 0 Å². The molecule has 2 aromatic carbocycles. The molecule has 5 nitrogen and oxygen atoms in total. The van der Waals surface area contributed by atoms with Crippen molar-refractivity contribution in [1.82, 2.24) is 9.62 Å². The molecular weight excluding hydrogens is 422 g/mol. The molecule has 0 bridgehead atoms. The van der Waals surface area contributed by atoms with Gasteiger partial charge in [0, 0.05) is 25.0 Å². The van der Waals surface area contributed by atoms with Crippen molar-refractivity contribution >= 4 is 15.9 Å². The molecule has 166 valence electrons. The van der Waals surface area contributed by atoms with Crippen molar-refractivity contribution in [1.29, 1.82) is 0 Å². The van der Waals surface area contributed by atoms with Crippen LogP contribution in [0.15, 0.2) is 42.5 Å². The molecule has 1 aliphatic heterocycles. The topological polar surface area (TPSA) is 66.5 Å². The van der Waals surface area contributed by atoms with Crippen molar-refractivity contribution in [2.45, 2.75) is 31.7 Å². The highest BCUT2D eigenvalue weighted by Gasteiger charge is 2.47. The zero-order valence-corrected chi connectivity index (χ0v) is 18.3. The lowest BCUT2D eigenvalue weighted by molar-refractivity contribution is -0.134. The van der Waals surface area contributed by atoms with Crippen molar-refractivity contribution in [2.75, 3.05) is 19.3 Å². The van der Waals surface area contributed by atoms with E-state index >= 15 is 0 Å². The van der Waals surface area contributed by atoms with Crippen LogP contribution in [0.3, 0.4) is 0 Å². The van der Waals surface area contributed by atoms with Crippen LogP contribution in [-0.2, 0) is 14.8 Å². The Labute approximate surface area is 181 Å². The molecule has 2 fully saturated rings. The molecule has 1 N–H and O–H groups in total. The predicted octanol–water partition coefficient (Wildman–Crippen LogP) is 3.52. The fraction of sp³-hybridized carbons (Fsp3) is 0.435. The maximum absolute atomic E-state index is 14.4. The summed E-state index contributed by atoms with van der Waals surface area (Å²) in [4.78, 5) is 14.9. The van der Waals surface area contributed by atoms with Gasteiger partial charge in [0.25, 0.3) is 0 Å². The number of likely N-dealkylation sites (tertiary alicyclic amines) is 1. The molecule has 1 aliphatic carbocycles. The quantitative estimate of drug-likeness (QED) is 0.761. The Hall–Kier alpha value is -2.32. The minimum atomic E-state index is -3.37. The van der Waals surface area contributed by atoms with Gasteiger partial charge in [-0.1, -0.05) is 37.3 Å². The Kier molecular flexibility index (Phi) is 5.87. The monoisotopic (exact) mass is 448 g/mol. The number of nitrogens with zero attached hydrogens (tertiary/aromatic N) is 1. The van der Waals surface area contributed by atoms with Crippen LogP contribution in [-0.4, -0.2) is 44.6 Å². The van der Waals surface area contributed by atoms with Crippen LogP contribution < -0.4 is 4.72 Å². The van der Waals surface area contributed by atoms with E-state index in [1.165, 1.54) is 18.2 Å². The Bertz CT molecular complexity index is 1090. The molecule has 0 unspecified atom stereocenters. The summed E-state index contributed by atoms with van der Waals surface area (Å²) in [6, 6.07) is 10.5. The van der Waals surface area contributed by atoms with Gasteiger partial charge in [-0.25, -0.2) is 21.9 Å². The maximum atomic E-state index is 14.4. The molecule has 4 rings (SSSR count). The molecule has 1 saturated carbocycles. The number of rotatable bonds is 5. The van der Waals surface area contributed by atoms with Crippen LogP contribution >= 0.6 is 0 Å². The standard InChI is InChI=1S/C23H26F2N2O3S/c1-14-10-11-27(13-21(14)26-31(2,29)30)23(28)18-12-17(18)15-6-3-4-7-16(15)22-19(24)8-5-9-20(22)25/h3-9,14,17-18,21,26H,10-13H2,1-2H3/t14-,17-,18+,21+/m0/s1. The van der Waals surface area contributed by atoms with Crippen LogP contribution in [0.2, 0.25) is 0 Å². The molecule has 4 atom stereocenters. The first kappa shape index (κ1) is 21.9. The summed E-state index contributed by atoms with van der Waals surface area (Å²) in [7, 11) is -3.37. The third-order valence-electron chi connectivity index (χ3n) is 6.34. The Morgan fingerprint density at radius 3 is 2.45 bits per heavy atom. The Morgan fingerprint density at radius 1 is 1.10 bits per heavy atom.